The first kappa shape index (κ1) is 9.98. The van der Waals surface area contributed by atoms with Crippen molar-refractivity contribution >= 4 is 29.1 Å². The molecule has 5 heteroatoms. The van der Waals surface area contributed by atoms with Gasteiger partial charge in [0.25, 0.3) is 0 Å². The van der Waals surface area contributed by atoms with Gasteiger partial charge in [-0.25, -0.2) is 0 Å². The van der Waals surface area contributed by atoms with E-state index in [4.69, 9.17) is 17.3 Å². The van der Waals surface area contributed by atoms with Gasteiger partial charge >= 0.3 is 0 Å². The highest BCUT2D eigenvalue weighted by atomic mass is 35.5. The van der Waals surface area contributed by atoms with Gasteiger partial charge in [-0.15, -0.1) is 0 Å². The Morgan fingerprint density at radius 3 is 2.47 bits per heavy atom. The summed E-state index contributed by atoms with van der Waals surface area (Å²) in [5, 5.41) is 0.586. The number of carbonyl (C=O) groups is 2. The lowest BCUT2D eigenvalue weighted by molar-refractivity contribution is -0.131. The van der Waals surface area contributed by atoms with Crippen LogP contribution in [0.5, 0.6) is 0 Å². The maximum atomic E-state index is 11.3. The van der Waals surface area contributed by atoms with Crippen LogP contribution in [0.3, 0.4) is 0 Å². The van der Waals surface area contributed by atoms with E-state index in [2.05, 4.69) is 0 Å². The molecule has 15 heavy (non-hydrogen) atoms. The third-order valence-corrected chi connectivity index (χ3v) is 2.63. The fourth-order valence-electron chi connectivity index (χ4n) is 1.57. The Morgan fingerprint density at radius 1 is 1.40 bits per heavy atom. The van der Waals surface area contributed by atoms with Crippen LogP contribution in [0.4, 0.5) is 5.69 Å². The van der Waals surface area contributed by atoms with Gasteiger partial charge in [-0.1, -0.05) is 11.6 Å². The van der Waals surface area contributed by atoms with Crippen molar-refractivity contribution in [3.8, 4) is 0 Å². The molecule has 1 aliphatic rings. The molecule has 0 aromatic heterocycles. The molecule has 2 rings (SSSR count). The Morgan fingerprint density at radius 2 is 2.00 bits per heavy atom. The van der Waals surface area contributed by atoms with Crippen molar-refractivity contribution in [3.63, 3.8) is 0 Å². The zero-order chi connectivity index (χ0) is 11.0. The van der Waals surface area contributed by atoms with Crippen LogP contribution in [0.2, 0.25) is 5.02 Å². The topological polar surface area (TPSA) is 63.4 Å². The number of nitrogens with two attached hydrogens (primary N) is 1. The summed E-state index contributed by atoms with van der Waals surface area (Å²) in [6, 6.07) is 6.20. The lowest BCUT2D eigenvalue weighted by Crippen LogP contribution is -2.59. The highest BCUT2D eigenvalue weighted by molar-refractivity contribution is 6.30. The predicted octanol–water partition coefficient (Wildman–Crippen LogP) is 0.931. The van der Waals surface area contributed by atoms with Crippen molar-refractivity contribution in [3.05, 3.63) is 29.3 Å². The molecule has 0 saturated carbocycles. The van der Waals surface area contributed by atoms with Crippen molar-refractivity contribution in [2.75, 3.05) is 4.90 Å². The maximum Gasteiger partial charge on any atom is 0.241 e. The molecule has 1 saturated heterocycles. The van der Waals surface area contributed by atoms with Gasteiger partial charge in [-0.3, -0.25) is 14.5 Å². The first-order valence-corrected chi connectivity index (χ1v) is 4.84. The molecule has 1 aromatic rings. The van der Waals surface area contributed by atoms with E-state index in [-0.39, 0.29) is 12.3 Å². The maximum absolute atomic E-state index is 11.3. The summed E-state index contributed by atoms with van der Waals surface area (Å²) in [5.74, 6) is -0.578. The van der Waals surface area contributed by atoms with Gasteiger partial charge in [0, 0.05) is 10.7 Å². The molecule has 2 N–H and O–H groups in total. The second-order valence-electron chi connectivity index (χ2n) is 3.36. The van der Waals surface area contributed by atoms with Gasteiger partial charge in [0.05, 0.1) is 6.42 Å². The second kappa shape index (κ2) is 3.55. The normalized spacial score (nSPS) is 19.9. The van der Waals surface area contributed by atoms with Gasteiger partial charge < -0.3 is 5.73 Å². The number of benzene rings is 1. The standard InChI is InChI=1S/C10H9ClN2O2/c11-6-1-3-7(4-2-6)13-8(10(12)15)5-9(13)14/h1-4,8H,5H2,(H2,12,15). The summed E-state index contributed by atoms with van der Waals surface area (Å²) in [4.78, 5) is 23.7. The van der Waals surface area contributed by atoms with E-state index in [1.165, 1.54) is 4.90 Å². The second-order valence-corrected chi connectivity index (χ2v) is 3.80. The molecule has 0 bridgehead atoms. The van der Waals surface area contributed by atoms with Crippen LogP contribution in [-0.2, 0) is 9.59 Å². The van der Waals surface area contributed by atoms with E-state index in [0.29, 0.717) is 10.7 Å². The van der Waals surface area contributed by atoms with Crippen LogP contribution < -0.4 is 10.6 Å². The summed E-state index contributed by atoms with van der Waals surface area (Å²) in [6.07, 6.45) is 0.192. The summed E-state index contributed by atoms with van der Waals surface area (Å²) < 4.78 is 0. The molecular weight excluding hydrogens is 216 g/mol. The number of amides is 2. The minimum Gasteiger partial charge on any atom is -0.368 e. The average molecular weight is 225 g/mol. The van der Waals surface area contributed by atoms with E-state index < -0.39 is 11.9 Å². The van der Waals surface area contributed by atoms with Crippen molar-refractivity contribution in [1.82, 2.24) is 0 Å². The van der Waals surface area contributed by atoms with Crippen LogP contribution in [0, 0.1) is 0 Å². The SMILES string of the molecule is NC(=O)C1CC(=O)N1c1ccc(Cl)cc1. The number of nitrogens with zero attached hydrogens (tertiary/aromatic N) is 1. The molecular formula is C10H9ClN2O2. The monoisotopic (exact) mass is 224 g/mol. The number of rotatable bonds is 2. The van der Waals surface area contributed by atoms with Gasteiger partial charge in [0.1, 0.15) is 6.04 Å². The third kappa shape index (κ3) is 1.68. The van der Waals surface area contributed by atoms with Crippen LogP contribution in [0.1, 0.15) is 6.42 Å². The molecule has 1 aliphatic heterocycles. The van der Waals surface area contributed by atoms with Gasteiger partial charge in [-0.2, -0.15) is 0 Å². The van der Waals surface area contributed by atoms with Crippen molar-refractivity contribution in [2.45, 2.75) is 12.5 Å². The molecule has 0 aliphatic carbocycles. The predicted molar refractivity (Wildman–Crippen MR) is 56.5 cm³/mol. The number of carbonyl (C=O) groups excluding carboxylic acids is 2. The summed E-state index contributed by atoms with van der Waals surface area (Å²) in [7, 11) is 0. The summed E-state index contributed by atoms with van der Waals surface area (Å²) in [6.45, 7) is 0. The number of hydrogen-bond donors (Lipinski definition) is 1. The summed E-state index contributed by atoms with van der Waals surface area (Å²) >= 11 is 5.72. The molecule has 1 atom stereocenters. The van der Waals surface area contributed by atoms with Crippen LogP contribution in [0.15, 0.2) is 24.3 Å². The molecule has 1 heterocycles. The van der Waals surface area contributed by atoms with Crippen molar-refractivity contribution in [1.29, 1.82) is 0 Å². The van der Waals surface area contributed by atoms with E-state index in [0.717, 1.165) is 0 Å². The Bertz CT molecular complexity index is 416. The largest absolute Gasteiger partial charge is 0.368 e. The zero-order valence-electron chi connectivity index (χ0n) is 7.81. The number of primary amides is 1. The van der Waals surface area contributed by atoms with E-state index in [1.54, 1.807) is 24.3 Å². The average Bonchev–Trinajstić information content (AvgIpc) is 2.17. The van der Waals surface area contributed by atoms with Crippen LogP contribution in [-0.4, -0.2) is 17.9 Å². The molecule has 2 amide bonds. The Kier molecular flexibility index (Phi) is 2.36. The van der Waals surface area contributed by atoms with Crippen LogP contribution >= 0.6 is 11.6 Å². The van der Waals surface area contributed by atoms with E-state index >= 15 is 0 Å². The molecule has 1 unspecified atom stereocenters. The number of β-lactam (4-membered cyclic amide) rings is 1. The molecule has 78 valence electrons. The first-order valence-electron chi connectivity index (χ1n) is 4.46. The van der Waals surface area contributed by atoms with E-state index in [9.17, 15) is 9.59 Å². The number of hydrogen-bond acceptors (Lipinski definition) is 2. The minimum atomic E-state index is -0.515. The zero-order valence-corrected chi connectivity index (χ0v) is 8.57. The van der Waals surface area contributed by atoms with Crippen molar-refractivity contribution < 1.29 is 9.59 Å². The first-order chi connectivity index (χ1) is 7.09. The molecule has 1 fully saturated rings. The Hall–Kier alpha value is -1.55. The van der Waals surface area contributed by atoms with Gasteiger partial charge in [-0.05, 0) is 24.3 Å². The molecule has 0 radical (unpaired) electrons. The van der Waals surface area contributed by atoms with Crippen molar-refractivity contribution in [2.24, 2.45) is 5.73 Å². The third-order valence-electron chi connectivity index (χ3n) is 2.38. The molecule has 4 nitrogen and oxygen atoms in total. The lowest BCUT2D eigenvalue weighted by atomic mass is 10.00. The summed E-state index contributed by atoms with van der Waals surface area (Å²) in [5.41, 5.74) is 5.81. The lowest BCUT2D eigenvalue weighted by Gasteiger charge is -2.38. The quantitative estimate of drug-likeness (QED) is 0.760. The number of halogens is 1. The molecule has 1 aromatic carbocycles. The highest BCUT2D eigenvalue weighted by Gasteiger charge is 2.40. The van der Waals surface area contributed by atoms with Gasteiger partial charge in [0.2, 0.25) is 11.8 Å². The highest BCUT2D eigenvalue weighted by Crippen LogP contribution is 2.28. The fourth-order valence-corrected chi connectivity index (χ4v) is 1.70. The molecule has 0 spiro atoms. The fraction of sp³-hybridized carbons (Fsp3) is 0.200. The Balaban J connectivity index is 2.26. The van der Waals surface area contributed by atoms with E-state index in [1.807, 2.05) is 0 Å². The van der Waals surface area contributed by atoms with Gasteiger partial charge in [0.15, 0.2) is 0 Å². The smallest absolute Gasteiger partial charge is 0.241 e. The number of anilines is 1. The van der Waals surface area contributed by atoms with Crippen LogP contribution in [0.25, 0.3) is 0 Å². The minimum absolute atomic E-state index is 0.0962. The Labute approximate surface area is 91.6 Å².